The van der Waals surface area contributed by atoms with Crippen LogP contribution < -0.4 is 0 Å². The number of ether oxygens (including phenoxy) is 1. The van der Waals surface area contributed by atoms with Gasteiger partial charge < -0.3 is 9.84 Å². The van der Waals surface area contributed by atoms with E-state index in [0.29, 0.717) is 30.0 Å². The number of aliphatic hydroxyl groups excluding tert-OH is 1. The molecule has 0 aromatic heterocycles. The third-order valence-electron chi connectivity index (χ3n) is 9.57. The van der Waals surface area contributed by atoms with Gasteiger partial charge in [-0.15, -0.1) is 12.3 Å². The van der Waals surface area contributed by atoms with Gasteiger partial charge in [-0.2, -0.15) is 0 Å². The molecule has 5 unspecified atom stereocenters. The minimum atomic E-state index is -0.193. The third kappa shape index (κ3) is 4.74. The van der Waals surface area contributed by atoms with E-state index in [-0.39, 0.29) is 11.5 Å². The average Bonchev–Trinajstić information content (AvgIpc) is 3.19. The van der Waals surface area contributed by atoms with E-state index in [0.717, 1.165) is 71.4 Å². The van der Waals surface area contributed by atoms with E-state index >= 15 is 0 Å². The van der Waals surface area contributed by atoms with Crippen molar-refractivity contribution in [1.82, 2.24) is 4.90 Å². The van der Waals surface area contributed by atoms with Gasteiger partial charge in [0.15, 0.2) is 5.78 Å². The van der Waals surface area contributed by atoms with Gasteiger partial charge in [0.05, 0.1) is 19.3 Å². The van der Waals surface area contributed by atoms with Crippen LogP contribution in [0.4, 0.5) is 0 Å². The van der Waals surface area contributed by atoms with Gasteiger partial charge in [0, 0.05) is 32.0 Å². The zero-order valence-electron chi connectivity index (χ0n) is 22.0. The summed E-state index contributed by atoms with van der Waals surface area (Å²) in [5, 5.41) is 11.0. The van der Waals surface area contributed by atoms with Crippen LogP contribution in [-0.4, -0.2) is 48.2 Å². The number of carbonyl (C=O) groups is 1. The second-order valence-electron chi connectivity index (χ2n) is 11.6. The van der Waals surface area contributed by atoms with Crippen molar-refractivity contribution in [2.75, 3.05) is 26.3 Å². The molecule has 2 saturated carbocycles. The highest BCUT2D eigenvalue weighted by Crippen LogP contribution is 2.63. The molecule has 1 aliphatic heterocycles. The van der Waals surface area contributed by atoms with E-state index in [1.807, 2.05) is 6.08 Å². The van der Waals surface area contributed by atoms with Gasteiger partial charge in [-0.1, -0.05) is 36.8 Å². The van der Waals surface area contributed by atoms with Crippen LogP contribution in [0, 0.1) is 29.6 Å². The normalized spacial score (nSPS) is 33.9. The van der Waals surface area contributed by atoms with Crippen LogP contribution in [0.2, 0.25) is 0 Å². The number of fused-ring (bicyclic) bond motifs is 4. The highest BCUT2D eigenvalue weighted by Gasteiger charge is 2.56. The van der Waals surface area contributed by atoms with Crippen molar-refractivity contribution in [1.29, 1.82) is 0 Å². The van der Waals surface area contributed by atoms with Crippen molar-refractivity contribution < 1.29 is 14.6 Å². The molecule has 0 amide bonds. The SMILES string of the molecule is C#CC.CC12CC(c3ccc(CN4CCOCC4)cc3)C3=C4CCC(=O)C=C4CCC3C1CCC2O. The zero-order chi connectivity index (χ0) is 25.3. The summed E-state index contributed by atoms with van der Waals surface area (Å²) < 4.78 is 5.50. The number of hydrogen-bond acceptors (Lipinski definition) is 4. The van der Waals surface area contributed by atoms with E-state index in [1.165, 1.54) is 22.3 Å². The number of nitrogens with zero attached hydrogens (tertiary/aromatic N) is 1. The van der Waals surface area contributed by atoms with Crippen molar-refractivity contribution in [2.45, 2.75) is 77.4 Å². The summed E-state index contributed by atoms with van der Waals surface area (Å²) in [5.41, 5.74) is 7.19. The fraction of sp³-hybridized carbons (Fsp3) is 0.594. The number of ketones is 1. The molecule has 192 valence electrons. The predicted molar refractivity (Wildman–Crippen MR) is 143 cm³/mol. The van der Waals surface area contributed by atoms with Crippen molar-refractivity contribution in [3.05, 3.63) is 58.2 Å². The molecule has 4 aliphatic carbocycles. The average molecular weight is 488 g/mol. The van der Waals surface area contributed by atoms with E-state index in [4.69, 9.17) is 4.74 Å². The zero-order valence-corrected chi connectivity index (χ0v) is 22.0. The first-order chi connectivity index (χ1) is 17.4. The van der Waals surface area contributed by atoms with Gasteiger partial charge in [-0.3, -0.25) is 9.69 Å². The number of benzene rings is 1. The molecule has 1 saturated heterocycles. The quantitative estimate of drug-likeness (QED) is 0.579. The van der Waals surface area contributed by atoms with E-state index in [9.17, 15) is 9.90 Å². The molecule has 5 aliphatic rings. The smallest absolute Gasteiger partial charge is 0.156 e. The minimum absolute atomic E-state index is 0.00241. The fourth-order valence-corrected chi connectivity index (χ4v) is 7.80. The molecule has 0 spiro atoms. The molecule has 0 bridgehead atoms. The predicted octanol–water partition coefficient (Wildman–Crippen LogP) is 5.42. The fourth-order valence-electron chi connectivity index (χ4n) is 7.80. The lowest BCUT2D eigenvalue weighted by Crippen LogP contribution is -2.45. The van der Waals surface area contributed by atoms with Crippen LogP contribution in [-0.2, 0) is 16.1 Å². The van der Waals surface area contributed by atoms with E-state index < -0.39 is 0 Å². The molecule has 4 nitrogen and oxygen atoms in total. The number of hydrogen-bond donors (Lipinski definition) is 1. The number of carbonyl (C=O) groups excluding carboxylic acids is 1. The van der Waals surface area contributed by atoms with E-state index in [2.05, 4.69) is 48.4 Å². The summed E-state index contributed by atoms with van der Waals surface area (Å²) in [6.45, 7) is 8.67. The second-order valence-corrected chi connectivity index (χ2v) is 11.6. The van der Waals surface area contributed by atoms with Crippen LogP contribution in [0.5, 0.6) is 0 Å². The van der Waals surface area contributed by atoms with E-state index in [1.54, 1.807) is 12.5 Å². The number of morpholine rings is 1. The summed E-state index contributed by atoms with van der Waals surface area (Å²) >= 11 is 0. The molecule has 3 fully saturated rings. The Labute approximate surface area is 216 Å². The first-order valence-electron chi connectivity index (χ1n) is 13.9. The van der Waals surface area contributed by atoms with Crippen LogP contribution >= 0.6 is 0 Å². The first kappa shape index (κ1) is 25.5. The Morgan fingerprint density at radius 2 is 1.83 bits per heavy atom. The second kappa shape index (κ2) is 10.7. The van der Waals surface area contributed by atoms with Gasteiger partial charge in [-0.05, 0) is 91.0 Å². The number of aliphatic hydroxyl groups is 1. The number of rotatable bonds is 3. The van der Waals surface area contributed by atoms with Crippen LogP contribution in [0.15, 0.2) is 47.1 Å². The first-order valence-corrected chi connectivity index (χ1v) is 13.9. The maximum atomic E-state index is 12.2. The molecular weight excluding hydrogens is 446 g/mol. The van der Waals surface area contributed by atoms with Crippen LogP contribution in [0.3, 0.4) is 0 Å². The summed E-state index contributed by atoms with van der Waals surface area (Å²) in [5.74, 6) is 4.03. The summed E-state index contributed by atoms with van der Waals surface area (Å²) in [7, 11) is 0. The lowest BCUT2D eigenvalue weighted by Gasteiger charge is -2.52. The van der Waals surface area contributed by atoms with Gasteiger partial charge >= 0.3 is 0 Å². The van der Waals surface area contributed by atoms with Gasteiger partial charge in [0.2, 0.25) is 0 Å². The minimum Gasteiger partial charge on any atom is -0.393 e. The molecule has 36 heavy (non-hydrogen) atoms. The maximum Gasteiger partial charge on any atom is 0.156 e. The van der Waals surface area contributed by atoms with Crippen molar-refractivity contribution in [2.24, 2.45) is 17.3 Å². The van der Waals surface area contributed by atoms with Crippen molar-refractivity contribution in [3.63, 3.8) is 0 Å². The molecule has 0 radical (unpaired) electrons. The lowest BCUT2D eigenvalue weighted by atomic mass is 9.53. The Hall–Kier alpha value is -2.19. The number of allylic oxidation sites excluding steroid dienone is 4. The third-order valence-corrected chi connectivity index (χ3v) is 9.57. The Morgan fingerprint density at radius 1 is 1.11 bits per heavy atom. The van der Waals surface area contributed by atoms with Crippen molar-refractivity contribution in [3.8, 4) is 12.3 Å². The van der Waals surface area contributed by atoms with Crippen molar-refractivity contribution >= 4 is 5.78 Å². The molecule has 1 aromatic rings. The Bertz CT molecular complexity index is 1070. The summed E-state index contributed by atoms with van der Waals surface area (Å²) in [6, 6.07) is 9.33. The monoisotopic (exact) mass is 487 g/mol. The molecular formula is C32H41NO3. The molecule has 1 N–H and O–H groups in total. The highest BCUT2D eigenvalue weighted by atomic mass is 16.5. The van der Waals surface area contributed by atoms with Gasteiger partial charge in [0.1, 0.15) is 0 Å². The number of terminal acetylenes is 1. The summed E-state index contributed by atoms with van der Waals surface area (Å²) in [6.07, 6.45) is 13.2. The maximum absolute atomic E-state index is 12.2. The van der Waals surface area contributed by atoms with Gasteiger partial charge in [-0.25, -0.2) is 0 Å². The van der Waals surface area contributed by atoms with Crippen LogP contribution in [0.25, 0.3) is 0 Å². The topological polar surface area (TPSA) is 49.8 Å². The standard InChI is InChI=1S/C29H37NO3.C3H4/c1-29-17-25(20-4-2-19(3-5-20)18-30-12-14-33-15-13-30)28-23-9-7-22(31)16-21(23)6-8-24(28)26(29)10-11-27(29)32;1-3-2/h2-5,16,24-27,32H,6-15,17-18H2,1H3;1H,2H3. The van der Waals surface area contributed by atoms with Gasteiger partial charge in [0.25, 0.3) is 0 Å². The Balaban J connectivity index is 0.000000848. The molecule has 1 aromatic carbocycles. The lowest BCUT2D eigenvalue weighted by molar-refractivity contribution is -0.114. The largest absolute Gasteiger partial charge is 0.393 e. The highest BCUT2D eigenvalue weighted by molar-refractivity contribution is 5.93. The molecule has 1 heterocycles. The molecule has 6 rings (SSSR count). The molecule has 4 heteroatoms. The Morgan fingerprint density at radius 3 is 2.56 bits per heavy atom. The Kier molecular flexibility index (Phi) is 7.54. The summed E-state index contributed by atoms with van der Waals surface area (Å²) in [4.78, 5) is 14.6. The van der Waals surface area contributed by atoms with Crippen LogP contribution in [0.1, 0.15) is 75.8 Å². The molecule has 5 atom stereocenters.